The molecular weight excluding hydrogens is 428 g/mol. The van der Waals surface area contributed by atoms with Crippen molar-refractivity contribution < 1.29 is 14.3 Å². The molecule has 2 aliphatic rings. The lowest BCUT2D eigenvalue weighted by molar-refractivity contribution is -0.113. The summed E-state index contributed by atoms with van der Waals surface area (Å²) in [6, 6.07) is 15.5. The number of benzene rings is 2. The van der Waals surface area contributed by atoms with Gasteiger partial charge in [-0.1, -0.05) is 42.1 Å². The van der Waals surface area contributed by atoms with Crippen molar-refractivity contribution in [1.29, 1.82) is 0 Å². The molecule has 2 aromatic carbocycles. The Bertz CT molecular complexity index is 1200. The maximum absolute atomic E-state index is 12.7. The van der Waals surface area contributed by atoms with E-state index < -0.39 is 0 Å². The molecule has 0 unspecified atom stereocenters. The fraction of sp³-hybridized carbons (Fsp3) is 0.261. The van der Waals surface area contributed by atoms with Gasteiger partial charge in [0.2, 0.25) is 12.7 Å². The fourth-order valence-electron chi connectivity index (χ4n) is 3.81. The van der Waals surface area contributed by atoms with Crippen LogP contribution in [-0.4, -0.2) is 39.9 Å². The highest BCUT2D eigenvalue weighted by molar-refractivity contribution is 7.99. The number of hydrogen-bond donors (Lipinski definition) is 2. The van der Waals surface area contributed by atoms with E-state index in [9.17, 15) is 9.59 Å². The summed E-state index contributed by atoms with van der Waals surface area (Å²) in [5.74, 6) is 1.22. The van der Waals surface area contributed by atoms with Crippen molar-refractivity contribution in [2.75, 3.05) is 24.4 Å². The minimum Gasteiger partial charge on any atom is -0.454 e. The van der Waals surface area contributed by atoms with Crippen LogP contribution in [0.5, 0.6) is 11.5 Å². The number of fused-ring (bicyclic) bond motifs is 2. The average Bonchev–Trinajstić information content (AvgIpc) is 3.27. The van der Waals surface area contributed by atoms with Crippen LogP contribution in [0.1, 0.15) is 16.8 Å². The lowest BCUT2D eigenvalue weighted by Gasteiger charge is -2.27. The highest BCUT2D eigenvalue weighted by Crippen LogP contribution is 2.34. The quantitative estimate of drug-likeness (QED) is 0.440. The van der Waals surface area contributed by atoms with Crippen molar-refractivity contribution in [3.8, 4) is 11.5 Å². The van der Waals surface area contributed by atoms with Crippen LogP contribution >= 0.6 is 11.8 Å². The van der Waals surface area contributed by atoms with E-state index in [0.717, 1.165) is 18.8 Å². The summed E-state index contributed by atoms with van der Waals surface area (Å²) in [6.45, 7) is 2.40. The number of ether oxygens (including phenoxy) is 2. The minimum atomic E-state index is -0.191. The molecule has 9 heteroatoms. The molecule has 0 radical (unpaired) electrons. The number of carbonyl (C=O) groups excluding carboxylic acids is 1. The Morgan fingerprint density at radius 2 is 2.00 bits per heavy atom. The molecule has 0 saturated carbocycles. The number of nitrogens with one attached hydrogen (secondary N) is 2. The molecule has 2 N–H and O–H groups in total. The number of amides is 1. The zero-order chi connectivity index (χ0) is 21.9. The zero-order valence-corrected chi connectivity index (χ0v) is 18.1. The van der Waals surface area contributed by atoms with E-state index in [1.807, 2.05) is 18.2 Å². The molecule has 164 valence electrons. The van der Waals surface area contributed by atoms with Crippen LogP contribution in [0.15, 0.2) is 58.5 Å². The van der Waals surface area contributed by atoms with Gasteiger partial charge in [0.15, 0.2) is 16.7 Å². The maximum atomic E-state index is 12.7. The molecule has 0 bridgehead atoms. The van der Waals surface area contributed by atoms with E-state index in [0.29, 0.717) is 40.9 Å². The Labute approximate surface area is 189 Å². The Balaban J connectivity index is 1.19. The van der Waals surface area contributed by atoms with Crippen molar-refractivity contribution >= 4 is 23.4 Å². The second kappa shape index (κ2) is 9.05. The van der Waals surface area contributed by atoms with Crippen molar-refractivity contribution in [2.24, 2.45) is 0 Å². The first-order valence-electron chi connectivity index (χ1n) is 10.3. The molecule has 8 nitrogen and oxygen atoms in total. The van der Waals surface area contributed by atoms with E-state index in [-0.39, 0.29) is 24.0 Å². The molecule has 0 spiro atoms. The third-order valence-electron chi connectivity index (χ3n) is 5.37. The third-order valence-corrected chi connectivity index (χ3v) is 6.24. The SMILES string of the molecule is O=C(CSc1nc2c(c(=O)[nH]1)CN(Cc1ccccc1)CC2)Nc1ccc2c(c1)OCO2. The number of H-pyrrole nitrogens is 1. The minimum absolute atomic E-state index is 0.133. The lowest BCUT2D eigenvalue weighted by atomic mass is 10.1. The highest BCUT2D eigenvalue weighted by atomic mass is 32.2. The van der Waals surface area contributed by atoms with E-state index in [2.05, 4.69) is 32.3 Å². The van der Waals surface area contributed by atoms with Gasteiger partial charge in [-0.15, -0.1) is 0 Å². The number of aromatic nitrogens is 2. The van der Waals surface area contributed by atoms with Gasteiger partial charge in [-0.25, -0.2) is 4.98 Å². The van der Waals surface area contributed by atoms with Gasteiger partial charge in [0.25, 0.3) is 5.56 Å². The summed E-state index contributed by atoms with van der Waals surface area (Å²) < 4.78 is 10.6. The van der Waals surface area contributed by atoms with Crippen LogP contribution in [0, 0.1) is 0 Å². The number of hydrogen-bond acceptors (Lipinski definition) is 7. The first kappa shape index (κ1) is 20.6. The first-order chi connectivity index (χ1) is 15.6. The molecule has 5 rings (SSSR count). The highest BCUT2D eigenvalue weighted by Gasteiger charge is 2.22. The Hall–Kier alpha value is -3.30. The van der Waals surface area contributed by atoms with Crippen molar-refractivity contribution in [2.45, 2.75) is 24.7 Å². The first-order valence-corrected chi connectivity index (χ1v) is 11.3. The molecule has 2 aliphatic heterocycles. The van der Waals surface area contributed by atoms with Gasteiger partial charge in [0.1, 0.15) is 0 Å². The van der Waals surface area contributed by atoms with Gasteiger partial charge in [-0.3, -0.25) is 14.5 Å². The number of rotatable bonds is 6. The van der Waals surface area contributed by atoms with Crippen LogP contribution in [0.3, 0.4) is 0 Å². The van der Waals surface area contributed by atoms with E-state index in [1.54, 1.807) is 18.2 Å². The van der Waals surface area contributed by atoms with Crippen molar-refractivity contribution in [1.82, 2.24) is 14.9 Å². The molecule has 0 saturated heterocycles. The maximum Gasteiger partial charge on any atom is 0.256 e. The van der Waals surface area contributed by atoms with E-state index >= 15 is 0 Å². The molecule has 3 aromatic rings. The van der Waals surface area contributed by atoms with Gasteiger partial charge >= 0.3 is 0 Å². The van der Waals surface area contributed by atoms with Gasteiger partial charge in [-0.2, -0.15) is 0 Å². The van der Waals surface area contributed by atoms with Gasteiger partial charge in [0.05, 0.1) is 17.0 Å². The predicted molar refractivity (Wildman–Crippen MR) is 121 cm³/mol. The van der Waals surface area contributed by atoms with Crippen molar-refractivity contribution in [3.05, 3.63) is 75.7 Å². The third kappa shape index (κ3) is 4.63. The van der Waals surface area contributed by atoms with Gasteiger partial charge in [-0.05, 0) is 17.7 Å². The summed E-state index contributed by atoms with van der Waals surface area (Å²) in [5.41, 5.74) is 3.25. The number of aromatic amines is 1. The van der Waals surface area contributed by atoms with E-state index in [1.165, 1.54) is 17.3 Å². The molecule has 1 amide bonds. The van der Waals surface area contributed by atoms with Crippen LogP contribution < -0.4 is 20.3 Å². The topological polar surface area (TPSA) is 96.6 Å². The molecule has 0 aliphatic carbocycles. The summed E-state index contributed by atoms with van der Waals surface area (Å²) in [5, 5.41) is 3.29. The normalized spacial score (nSPS) is 14.8. The molecule has 32 heavy (non-hydrogen) atoms. The monoisotopic (exact) mass is 450 g/mol. The van der Waals surface area contributed by atoms with Crippen LogP contribution in [0.25, 0.3) is 0 Å². The fourth-order valence-corrected chi connectivity index (χ4v) is 4.49. The molecule has 3 heterocycles. The molecular formula is C23H22N4O4S. The van der Waals surface area contributed by atoms with Crippen LogP contribution in [-0.2, 0) is 24.3 Å². The van der Waals surface area contributed by atoms with Crippen LogP contribution in [0.2, 0.25) is 0 Å². The van der Waals surface area contributed by atoms with E-state index in [4.69, 9.17) is 9.47 Å². The Kier molecular flexibility index (Phi) is 5.83. The van der Waals surface area contributed by atoms with Gasteiger partial charge in [0, 0.05) is 37.8 Å². The molecule has 1 aromatic heterocycles. The smallest absolute Gasteiger partial charge is 0.256 e. The largest absolute Gasteiger partial charge is 0.454 e. The van der Waals surface area contributed by atoms with Crippen LogP contribution in [0.4, 0.5) is 5.69 Å². The second-order valence-corrected chi connectivity index (χ2v) is 8.61. The number of anilines is 1. The Morgan fingerprint density at radius 1 is 1.16 bits per heavy atom. The summed E-state index contributed by atoms with van der Waals surface area (Å²) >= 11 is 1.22. The number of thioether (sulfide) groups is 1. The second-order valence-electron chi connectivity index (χ2n) is 7.65. The molecule has 0 atom stereocenters. The zero-order valence-electron chi connectivity index (χ0n) is 17.3. The molecule has 0 fully saturated rings. The number of carbonyl (C=O) groups is 1. The predicted octanol–water partition coefficient (Wildman–Crippen LogP) is 2.79. The van der Waals surface area contributed by atoms with Crippen molar-refractivity contribution in [3.63, 3.8) is 0 Å². The van der Waals surface area contributed by atoms with Gasteiger partial charge < -0.3 is 19.8 Å². The number of nitrogens with zero attached hydrogens (tertiary/aromatic N) is 2. The summed E-state index contributed by atoms with van der Waals surface area (Å²) in [7, 11) is 0. The lowest BCUT2D eigenvalue weighted by Crippen LogP contribution is -2.35. The Morgan fingerprint density at radius 3 is 2.88 bits per heavy atom. The average molecular weight is 451 g/mol. The summed E-state index contributed by atoms with van der Waals surface area (Å²) in [4.78, 5) is 34.7. The standard InChI is InChI=1S/C23H22N4O4S/c28-21(24-16-6-7-19-20(10-16)31-14-30-19)13-32-23-25-18-8-9-27(12-17(18)22(29)26-23)11-15-4-2-1-3-5-15/h1-7,10H,8-9,11-14H2,(H,24,28)(H,25,26,29). The summed E-state index contributed by atoms with van der Waals surface area (Å²) in [6.07, 6.45) is 0.711.